The number of aliphatic imine (C=N–C) groups is 1. The molecule has 1 rings (SSSR count). The van der Waals surface area contributed by atoms with Crippen molar-refractivity contribution >= 4 is 5.90 Å². The van der Waals surface area contributed by atoms with E-state index < -0.39 is 0 Å². The Kier molecular flexibility index (Phi) is 4.51. The quantitative estimate of drug-likeness (QED) is 0.719. The molecule has 0 unspecified atom stereocenters. The van der Waals surface area contributed by atoms with E-state index in [0.717, 1.165) is 12.5 Å². The second kappa shape index (κ2) is 4.19. The first-order valence-electron chi connectivity index (χ1n) is 3.74. The number of rotatable bonds is 1. The zero-order valence-electron chi connectivity index (χ0n) is 7.64. The third-order valence-electron chi connectivity index (χ3n) is 1.48. The maximum Gasteiger partial charge on any atom is 0.186 e. The molecule has 0 fully saturated rings. The molecule has 1 aliphatic heterocycles. The van der Waals surface area contributed by atoms with E-state index in [0.29, 0.717) is 5.92 Å². The molecule has 0 amide bonds. The van der Waals surface area contributed by atoms with Crippen LogP contribution in [0.5, 0.6) is 0 Å². The molecule has 0 aliphatic carbocycles. The van der Waals surface area contributed by atoms with Crippen molar-refractivity contribution in [2.45, 2.75) is 33.2 Å². The smallest absolute Gasteiger partial charge is 0.186 e. The first-order chi connectivity index (χ1) is 4.51. The van der Waals surface area contributed by atoms with Crippen LogP contribution in [-0.2, 0) is 4.74 Å². The first-order valence-corrected chi connectivity index (χ1v) is 3.74. The van der Waals surface area contributed by atoms with Crippen LogP contribution in [0.15, 0.2) is 4.99 Å². The van der Waals surface area contributed by atoms with Gasteiger partial charge >= 0.3 is 0 Å². The van der Waals surface area contributed by atoms with Crippen LogP contribution < -0.4 is 0 Å². The minimum absolute atomic E-state index is 0. The molecule has 0 saturated carbocycles. The molecule has 62 valence electrons. The summed E-state index contributed by atoms with van der Waals surface area (Å²) >= 11 is 0. The molecular weight excluding hydrogens is 266 g/mol. The summed E-state index contributed by atoms with van der Waals surface area (Å²) in [5.74, 6) is 1.34. The molecule has 1 aliphatic rings. The van der Waals surface area contributed by atoms with Crippen LogP contribution in [0, 0.1) is 47.7 Å². The van der Waals surface area contributed by atoms with Gasteiger partial charge in [0.2, 0.25) is 0 Å². The molecule has 3 heteroatoms. The van der Waals surface area contributed by atoms with Gasteiger partial charge in [0.05, 0.1) is 5.54 Å². The van der Waals surface area contributed by atoms with E-state index in [9.17, 15) is 0 Å². The molecule has 0 atom stereocenters. The Bertz CT molecular complexity index is 163. The molecule has 0 aromatic carbocycles. The van der Waals surface area contributed by atoms with Gasteiger partial charge in [-0.1, -0.05) is 13.8 Å². The Morgan fingerprint density at radius 3 is 2.18 bits per heavy atom. The predicted molar refractivity (Wildman–Crippen MR) is 42.3 cm³/mol. The van der Waals surface area contributed by atoms with E-state index in [2.05, 4.69) is 32.7 Å². The molecule has 0 aromatic rings. The third-order valence-corrected chi connectivity index (χ3v) is 1.48. The summed E-state index contributed by atoms with van der Waals surface area (Å²) in [5.41, 5.74) is 0.0135. The van der Waals surface area contributed by atoms with Crippen molar-refractivity contribution in [3.63, 3.8) is 0 Å². The molecular formula is C8H15CeNO. The van der Waals surface area contributed by atoms with Crippen molar-refractivity contribution in [2.24, 2.45) is 10.9 Å². The van der Waals surface area contributed by atoms with E-state index in [-0.39, 0.29) is 47.3 Å². The van der Waals surface area contributed by atoms with Crippen LogP contribution in [0.25, 0.3) is 0 Å². The van der Waals surface area contributed by atoms with Crippen molar-refractivity contribution in [3.05, 3.63) is 0 Å². The minimum Gasteiger partial charge on any atom is -0.478 e. The maximum absolute atomic E-state index is 5.38. The van der Waals surface area contributed by atoms with Crippen molar-refractivity contribution in [1.29, 1.82) is 0 Å². The molecule has 0 saturated heterocycles. The fourth-order valence-corrected chi connectivity index (χ4v) is 0.909. The molecule has 2 nitrogen and oxygen atoms in total. The van der Waals surface area contributed by atoms with Crippen molar-refractivity contribution in [3.8, 4) is 0 Å². The number of hydrogen-bond donors (Lipinski definition) is 0. The van der Waals surface area contributed by atoms with Crippen molar-refractivity contribution < 1.29 is 46.5 Å². The molecule has 0 spiro atoms. The van der Waals surface area contributed by atoms with E-state index in [4.69, 9.17) is 4.74 Å². The SMILES string of the molecule is CC(C)C1=NC(C)(C)CO1.[Ce]. The summed E-state index contributed by atoms with van der Waals surface area (Å²) in [6.07, 6.45) is 0. The normalized spacial score (nSPS) is 20.6. The van der Waals surface area contributed by atoms with Crippen LogP contribution in [0.1, 0.15) is 27.7 Å². The Labute approximate surface area is 102 Å². The minimum atomic E-state index is 0. The van der Waals surface area contributed by atoms with Gasteiger partial charge in [0, 0.05) is 47.7 Å². The zero-order valence-corrected chi connectivity index (χ0v) is 10.8. The van der Waals surface area contributed by atoms with Gasteiger partial charge in [0.25, 0.3) is 0 Å². The summed E-state index contributed by atoms with van der Waals surface area (Å²) < 4.78 is 5.38. The van der Waals surface area contributed by atoms with E-state index in [1.807, 2.05) is 0 Å². The summed E-state index contributed by atoms with van der Waals surface area (Å²) in [6, 6.07) is 0. The second-order valence-corrected chi connectivity index (χ2v) is 3.71. The van der Waals surface area contributed by atoms with Gasteiger partial charge in [-0.25, -0.2) is 4.99 Å². The summed E-state index contributed by atoms with van der Waals surface area (Å²) in [7, 11) is 0. The summed E-state index contributed by atoms with van der Waals surface area (Å²) in [6.45, 7) is 9.10. The van der Waals surface area contributed by atoms with Crippen LogP contribution in [0.2, 0.25) is 0 Å². The van der Waals surface area contributed by atoms with E-state index >= 15 is 0 Å². The maximum atomic E-state index is 5.38. The summed E-state index contributed by atoms with van der Waals surface area (Å²) in [5, 5.41) is 0. The number of ether oxygens (including phenoxy) is 1. The van der Waals surface area contributed by atoms with E-state index in [1.165, 1.54) is 0 Å². The predicted octanol–water partition coefficient (Wildman–Crippen LogP) is 1.85. The van der Waals surface area contributed by atoms with Gasteiger partial charge in [0.1, 0.15) is 6.61 Å². The first kappa shape index (κ1) is 11.8. The third kappa shape index (κ3) is 3.38. The standard InChI is InChI=1S/C8H15NO.Ce/c1-6(2)7-9-8(3,4)5-10-7;/h6H,5H2,1-4H3;. The molecule has 0 N–H and O–H groups in total. The second-order valence-electron chi connectivity index (χ2n) is 3.71. The number of nitrogens with zero attached hydrogens (tertiary/aromatic N) is 1. The fraction of sp³-hybridized carbons (Fsp3) is 0.875. The van der Waals surface area contributed by atoms with Gasteiger partial charge in [-0.2, -0.15) is 0 Å². The molecule has 0 radical (unpaired) electrons. The van der Waals surface area contributed by atoms with Gasteiger partial charge in [-0.15, -0.1) is 0 Å². The van der Waals surface area contributed by atoms with Crippen molar-refractivity contribution in [1.82, 2.24) is 0 Å². The van der Waals surface area contributed by atoms with Gasteiger partial charge in [0.15, 0.2) is 5.90 Å². The molecule has 1 heterocycles. The Balaban J connectivity index is 0.000001000. The van der Waals surface area contributed by atoms with Crippen LogP contribution >= 0.6 is 0 Å². The van der Waals surface area contributed by atoms with Crippen molar-refractivity contribution in [2.75, 3.05) is 6.61 Å². The number of hydrogen-bond acceptors (Lipinski definition) is 2. The average Bonchev–Trinajstić information content (AvgIpc) is 2.10. The van der Waals surface area contributed by atoms with Gasteiger partial charge in [-0.3, -0.25) is 0 Å². The molecule has 11 heavy (non-hydrogen) atoms. The zero-order chi connectivity index (χ0) is 7.78. The molecule has 0 aromatic heterocycles. The van der Waals surface area contributed by atoms with Gasteiger partial charge in [-0.05, 0) is 13.8 Å². The van der Waals surface area contributed by atoms with Crippen LogP contribution in [0.4, 0.5) is 0 Å². The van der Waals surface area contributed by atoms with Crippen LogP contribution in [-0.4, -0.2) is 18.0 Å². The van der Waals surface area contributed by atoms with Crippen LogP contribution in [0.3, 0.4) is 0 Å². The Morgan fingerprint density at radius 2 is 2.00 bits per heavy atom. The average molecular weight is 281 g/mol. The van der Waals surface area contributed by atoms with Gasteiger partial charge < -0.3 is 4.74 Å². The monoisotopic (exact) mass is 281 g/mol. The molecule has 0 bridgehead atoms. The topological polar surface area (TPSA) is 21.6 Å². The van der Waals surface area contributed by atoms with E-state index in [1.54, 1.807) is 0 Å². The fourth-order valence-electron chi connectivity index (χ4n) is 0.909. The Hall–Kier alpha value is 0.847. The largest absolute Gasteiger partial charge is 0.478 e. The Morgan fingerprint density at radius 1 is 1.45 bits per heavy atom. The summed E-state index contributed by atoms with van der Waals surface area (Å²) in [4.78, 5) is 4.41.